The molecule has 4 rings (SSSR count). The fraction of sp³-hybridized carbons (Fsp3) is 0.238. The number of hydrogen-bond acceptors (Lipinski definition) is 5. The topological polar surface area (TPSA) is 55.8 Å². The molecular weight excluding hydrogens is 330 g/mol. The second kappa shape index (κ2) is 6.33. The maximum absolute atomic E-state index is 12.9. The molecule has 2 aliphatic rings. The first-order valence-corrected chi connectivity index (χ1v) is 8.51. The molecule has 1 aliphatic heterocycles. The van der Waals surface area contributed by atoms with Crippen LogP contribution in [0.4, 0.5) is 0 Å². The third-order valence-electron chi connectivity index (χ3n) is 5.00. The molecule has 0 atom stereocenters. The molecule has 1 aliphatic carbocycles. The molecule has 5 nitrogen and oxygen atoms in total. The Labute approximate surface area is 151 Å². The van der Waals surface area contributed by atoms with Gasteiger partial charge in [-0.3, -0.25) is 9.59 Å². The molecule has 0 radical (unpaired) electrons. The number of rotatable bonds is 3. The Morgan fingerprint density at radius 2 is 1.58 bits per heavy atom. The van der Waals surface area contributed by atoms with Gasteiger partial charge in [-0.1, -0.05) is 24.3 Å². The Kier molecular flexibility index (Phi) is 3.99. The van der Waals surface area contributed by atoms with Crippen molar-refractivity contribution in [2.24, 2.45) is 0 Å². The van der Waals surface area contributed by atoms with Crippen molar-refractivity contribution in [3.8, 4) is 11.5 Å². The number of ketones is 2. The van der Waals surface area contributed by atoms with E-state index in [0.29, 0.717) is 41.4 Å². The van der Waals surface area contributed by atoms with E-state index in [1.54, 1.807) is 38.5 Å². The molecule has 0 unspecified atom stereocenters. The summed E-state index contributed by atoms with van der Waals surface area (Å²) in [6.45, 7) is 1.23. The van der Waals surface area contributed by atoms with E-state index < -0.39 is 0 Å². The molecule has 0 saturated carbocycles. The van der Waals surface area contributed by atoms with Gasteiger partial charge in [-0.25, -0.2) is 0 Å². The van der Waals surface area contributed by atoms with E-state index >= 15 is 0 Å². The number of carbonyl (C=O) groups is 2. The van der Waals surface area contributed by atoms with Crippen LogP contribution in [0.15, 0.2) is 48.2 Å². The van der Waals surface area contributed by atoms with Crippen LogP contribution in [0.25, 0.3) is 0 Å². The van der Waals surface area contributed by atoms with Gasteiger partial charge in [0.2, 0.25) is 5.78 Å². The van der Waals surface area contributed by atoms with Crippen molar-refractivity contribution < 1.29 is 19.1 Å². The summed E-state index contributed by atoms with van der Waals surface area (Å²) < 4.78 is 10.8. The number of benzene rings is 2. The number of methoxy groups -OCH3 is 2. The summed E-state index contributed by atoms with van der Waals surface area (Å²) in [6, 6.07) is 10.9. The summed E-state index contributed by atoms with van der Waals surface area (Å²) in [5.41, 5.74) is 3.68. The Morgan fingerprint density at radius 1 is 0.923 bits per heavy atom. The predicted molar refractivity (Wildman–Crippen MR) is 96.8 cm³/mol. The van der Waals surface area contributed by atoms with E-state index in [9.17, 15) is 9.59 Å². The zero-order valence-corrected chi connectivity index (χ0v) is 14.7. The summed E-state index contributed by atoms with van der Waals surface area (Å²) in [7, 11) is 3.22. The smallest absolute Gasteiger partial charge is 0.209 e. The summed E-state index contributed by atoms with van der Waals surface area (Å²) in [5.74, 6) is 1.16. The SMILES string of the molecule is COc1cc2c(cc1OC)CN(C1=CC(=O)c3ccccc3C1=O)CC2. The standard InChI is InChI=1S/C21H19NO4/c1-25-19-9-13-7-8-22(12-14(13)10-20(19)26-2)17-11-18(23)15-5-3-4-6-16(15)21(17)24/h3-6,9-11H,7-8,12H2,1-2H3. The summed E-state index contributed by atoms with van der Waals surface area (Å²) >= 11 is 0. The highest BCUT2D eigenvalue weighted by atomic mass is 16.5. The lowest BCUT2D eigenvalue weighted by Crippen LogP contribution is -2.35. The Bertz CT molecular complexity index is 945. The molecule has 2 aromatic carbocycles. The molecular formula is C21H19NO4. The molecule has 0 fully saturated rings. The van der Waals surface area contributed by atoms with Gasteiger partial charge in [0.25, 0.3) is 0 Å². The Hall–Kier alpha value is -3.08. The van der Waals surface area contributed by atoms with E-state index in [4.69, 9.17) is 9.47 Å². The molecule has 26 heavy (non-hydrogen) atoms. The van der Waals surface area contributed by atoms with Crippen LogP contribution in [0.3, 0.4) is 0 Å². The lowest BCUT2D eigenvalue weighted by Gasteiger charge is -2.33. The van der Waals surface area contributed by atoms with E-state index in [1.165, 1.54) is 11.6 Å². The van der Waals surface area contributed by atoms with Gasteiger partial charge in [0.15, 0.2) is 17.3 Å². The number of carbonyl (C=O) groups excluding carboxylic acids is 2. The number of fused-ring (bicyclic) bond motifs is 2. The first kappa shape index (κ1) is 16.4. The highest BCUT2D eigenvalue weighted by molar-refractivity contribution is 6.24. The second-order valence-corrected chi connectivity index (χ2v) is 6.42. The summed E-state index contributed by atoms with van der Waals surface area (Å²) in [6.07, 6.45) is 2.24. The van der Waals surface area contributed by atoms with Crippen molar-refractivity contribution in [1.82, 2.24) is 4.90 Å². The Balaban J connectivity index is 1.67. The summed E-state index contributed by atoms with van der Waals surface area (Å²) in [5, 5.41) is 0. The fourth-order valence-corrected chi connectivity index (χ4v) is 3.63. The van der Waals surface area contributed by atoms with Crippen molar-refractivity contribution in [2.75, 3.05) is 20.8 Å². The highest BCUT2D eigenvalue weighted by Crippen LogP contribution is 2.35. The molecule has 0 bridgehead atoms. The minimum atomic E-state index is -0.117. The largest absolute Gasteiger partial charge is 0.493 e. The number of nitrogens with zero attached hydrogens (tertiary/aromatic N) is 1. The van der Waals surface area contributed by atoms with Gasteiger partial charge in [0, 0.05) is 30.3 Å². The fourth-order valence-electron chi connectivity index (χ4n) is 3.63. The van der Waals surface area contributed by atoms with Gasteiger partial charge in [0.05, 0.1) is 19.9 Å². The predicted octanol–water partition coefficient (Wildman–Crippen LogP) is 3.03. The molecule has 2 aromatic rings. The molecule has 5 heteroatoms. The van der Waals surface area contributed by atoms with Crippen LogP contribution in [-0.4, -0.2) is 37.2 Å². The minimum Gasteiger partial charge on any atom is -0.493 e. The van der Waals surface area contributed by atoms with Crippen LogP contribution < -0.4 is 9.47 Å². The highest BCUT2D eigenvalue weighted by Gasteiger charge is 2.30. The van der Waals surface area contributed by atoms with Crippen molar-refractivity contribution in [3.05, 3.63) is 70.4 Å². The lowest BCUT2D eigenvalue weighted by atomic mass is 9.90. The average molecular weight is 349 g/mol. The number of ether oxygens (including phenoxy) is 2. The second-order valence-electron chi connectivity index (χ2n) is 6.42. The van der Waals surface area contributed by atoms with Crippen molar-refractivity contribution in [3.63, 3.8) is 0 Å². The Morgan fingerprint density at radius 3 is 2.27 bits per heavy atom. The minimum absolute atomic E-state index is 0.0934. The van der Waals surface area contributed by atoms with Crippen LogP contribution in [0, 0.1) is 0 Å². The molecule has 0 spiro atoms. The number of Topliss-reactive ketones (excluding diaryl/α,β-unsaturated/α-hetero) is 1. The van der Waals surface area contributed by atoms with Gasteiger partial charge < -0.3 is 14.4 Å². The quantitative estimate of drug-likeness (QED) is 0.853. The van der Waals surface area contributed by atoms with Gasteiger partial charge in [-0.2, -0.15) is 0 Å². The monoisotopic (exact) mass is 349 g/mol. The van der Waals surface area contributed by atoms with Crippen molar-refractivity contribution in [2.45, 2.75) is 13.0 Å². The van der Waals surface area contributed by atoms with Crippen LogP contribution in [-0.2, 0) is 13.0 Å². The van der Waals surface area contributed by atoms with Gasteiger partial charge in [0.1, 0.15) is 0 Å². The van der Waals surface area contributed by atoms with Gasteiger partial charge in [-0.05, 0) is 29.7 Å². The normalized spacial score (nSPS) is 15.9. The van der Waals surface area contributed by atoms with Gasteiger partial charge >= 0.3 is 0 Å². The maximum Gasteiger partial charge on any atom is 0.209 e. The van der Waals surface area contributed by atoms with Crippen LogP contribution >= 0.6 is 0 Å². The third-order valence-corrected chi connectivity index (χ3v) is 5.00. The van der Waals surface area contributed by atoms with E-state index in [0.717, 1.165) is 12.0 Å². The lowest BCUT2D eigenvalue weighted by molar-refractivity contribution is 0.0946. The molecule has 1 heterocycles. The molecule has 132 valence electrons. The molecule has 0 N–H and O–H groups in total. The first-order chi connectivity index (χ1) is 12.6. The molecule has 0 saturated heterocycles. The number of allylic oxidation sites excluding steroid dienone is 2. The van der Waals surface area contributed by atoms with E-state index in [2.05, 4.69) is 0 Å². The van der Waals surface area contributed by atoms with E-state index in [-0.39, 0.29) is 11.6 Å². The first-order valence-electron chi connectivity index (χ1n) is 8.51. The van der Waals surface area contributed by atoms with Crippen LogP contribution in [0.1, 0.15) is 31.8 Å². The third kappa shape index (κ3) is 2.56. The van der Waals surface area contributed by atoms with Crippen LogP contribution in [0.2, 0.25) is 0 Å². The van der Waals surface area contributed by atoms with Gasteiger partial charge in [-0.15, -0.1) is 0 Å². The summed E-state index contributed by atoms with van der Waals surface area (Å²) in [4.78, 5) is 27.3. The zero-order chi connectivity index (χ0) is 18.3. The molecule has 0 aromatic heterocycles. The van der Waals surface area contributed by atoms with Crippen molar-refractivity contribution >= 4 is 11.6 Å². The van der Waals surface area contributed by atoms with Crippen molar-refractivity contribution in [1.29, 1.82) is 0 Å². The van der Waals surface area contributed by atoms with E-state index in [1.807, 2.05) is 17.0 Å². The average Bonchev–Trinajstić information content (AvgIpc) is 2.69. The zero-order valence-electron chi connectivity index (χ0n) is 14.7. The number of hydrogen-bond donors (Lipinski definition) is 0. The van der Waals surface area contributed by atoms with Crippen LogP contribution in [0.5, 0.6) is 11.5 Å². The maximum atomic E-state index is 12.9. The molecule has 0 amide bonds.